The van der Waals surface area contributed by atoms with Gasteiger partial charge >= 0.3 is 0 Å². The van der Waals surface area contributed by atoms with E-state index in [1.807, 2.05) is 17.5 Å². The van der Waals surface area contributed by atoms with Gasteiger partial charge in [0.2, 0.25) is 5.89 Å². The van der Waals surface area contributed by atoms with Gasteiger partial charge in [-0.05, 0) is 36.4 Å². The minimum absolute atomic E-state index is 0.0925. The van der Waals surface area contributed by atoms with Crippen LogP contribution in [0.25, 0.3) is 10.8 Å². The summed E-state index contributed by atoms with van der Waals surface area (Å²) in [4.78, 5) is 3.35. The SMILES string of the molecule is C[C@H](c1nnc(-c2cccs2)o1)N1CCc2ccccc21. The smallest absolute Gasteiger partial charge is 0.257 e. The molecule has 5 heteroatoms. The molecule has 0 bridgehead atoms. The Morgan fingerprint density at radius 1 is 1.19 bits per heavy atom. The molecule has 106 valence electrons. The van der Waals surface area contributed by atoms with E-state index >= 15 is 0 Å². The lowest BCUT2D eigenvalue weighted by molar-refractivity contribution is 0.460. The Morgan fingerprint density at radius 2 is 2.10 bits per heavy atom. The average molecular weight is 297 g/mol. The number of hydrogen-bond acceptors (Lipinski definition) is 5. The van der Waals surface area contributed by atoms with Crippen molar-refractivity contribution in [2.45, 2.75) is 19.4 Å². The third-order valence-corrected chi connectivity index (χ3v) is 4.78. The van der Waals surface area contributed by atoms with Crippen molar-refractivity contribution in [3.05, 3.63) is 53.2 Å². The van der Waals surface area contributed by atoms with E-state index in [1.165, 1.54) is 11.3 Å². The molecule has 0 N–H and O–H groups in total. The minimum Gasteiger partial charge on any atom is -0.418 e. The van der Waals surface area contributed by atoms with Crippen molar-refractivity contribution < 1.29 is 4.42 Å². The summed E-state index contributed by atoms with van der Waals surface area (Å²) in [5.74, 6) is 1.29. The van der Waals surface area contributed by atoms with Crippen molar-refractivity contribution in [2.24, 2.45) is 0 Å². The second-order valence-corrected chi connectivity index (χ2v) is 6.12. The summed E-state index contributed by atoms with van der Waals surface area (Å²) in [5, 5.41) is 10.4. The summed E-state index contributed by atoms with van der Waals surface area (Å²) in [7, 11) is 0. The van der Waals surface area contributed by atoms with Gasteiger partial charge in [-0.15, -0.1) is 21.5 Å². The van der Waals surface area contributed by atoms with Crippen LogP contribution in [-0.2, 0) is 6.42 Å². The molecular formula is C16H15N3OS. The van der Waals surface area contributed by atoms with Crippen LogP contribution < -0.4 is 4.90 Å². The fourth-order valence-electron chi connectivity index (χ4n) is 2.80. The van der Waals surface area contributed by atoms with Crippen molar-refractivity contribution in [3.63, 3.8) is 0 Å². The fourth-order valence-corrected chi connectivity index (χ4v) is 3.45. The van der Waals surface area contributed by atoms with E-state index < -0.39 is 0 Å². The topological polar surface area (TPSA) is 42.2 Å². The molecule has 0 aliphatic carbocycles. The third-order valence-electron chi connectivity index (χ3n) is 3.92. The van der Waals surface area contributed by atoms with Crippen LogP contribution in [0.4, 0.5) is 5.69 Å². The maximum atomic E-state index is 5.86. The number of fused-ring (bicyclic) bond motifs is 1. The first-order valence-corrected chi connectivity index (χ1v) is 7.93. The van der Waals surface area contributed by atoms with E-state index in [0.29, 0.717) is 11.8 Å². The summed E-state index contributed by atoms with van der Waals surface area (Å²) in [5.41, 5.74) is 2.67. The third kappa shape index (κ3) is 2.14. The number of para-hydroxylation sites is 1. The number of anilines is 1. The highest BCUT2D eigenvalue weighted by Gasteiger charge is 2.27. The van der Waals surface area contributed by atoms with Crippen molar-refractivity contribution in [2.75, 3.05) is 11.4 Å². The second kappa shape index (κ2) is 5.00. The van der Waals surface area contributed by atoms with Crippen LogP contribution in [0.1, 0.15) is 24.4 Å². The van der Waals surface area contributed by atoms with E-state index in [1.54, 1.807) is 11.3 Å². The van der Waals surface area contributed by atoms with Crippen LogP contribution in [0.5, 0.6) is 0 Å². The Labute approximate surface area is 127 Å². The lowest BCUT2D eigenvalue weighted by atomic mass is 10.2. The molecule has 1 aliphatic heterocycles. The lowest BCUT2D eigenvalue weighted by Gasteiger charge is -2.24. The van der Waals surface area contributed by atoms with Crippen molar-refractivity contribution in [1.82, 2.24) is 10.2 Å². The first kappa shape index (κ1) is 12.6. The van der Waals surface area contributed by atoms with Gasteiger partial charge in [-0.1, -0.05) is 24.3 Å². The van der Waals surface area contributed by atoms with Crippen molar-refractivity contribution in [3.8, 4) is 10.8 Å². The van der Waals surface area contributed by atoms with Gasteiger partial charge in [-0.3, -0.25) is 0 Å². The lowest BCUT2D eigenvalue weighted by Crippen LogP contribution is -2.24. The summed E-state index contributed by atoms with van der Waals surface area (Å²) < 4.78 is 5.86. The Hall–Kier alpha value is -2.14. The number of nitrogens with zero attached hydrogens (tertiary/aromatic N) is 3. The molecule has 0 amide bonds. The fraction of sp³-hybridized carbons (Fsp3) is 0.250. The van der Waals surface area contributed by atoms with Gasteiger partial charge in [0.15, 0.2) is 0 Å². The van der Waals surface area contributed by atoms with E-state index in [9.17, 15) is 0 Å². The molecule has 0 unspecified atom stereocenters. The molecule has 1 atom stereocenters. The molecule has 0 saturated heterocycles. The van der Waals surface area contributed by atoms with E-state index in [0.717, 1.165) is 17.8 Å². The Kier molecular flexibility index (Phi) is 3.00. The molecule has 4 rings (SSSR count). The summed E-state index contributed by atoms with van der Waals surface area (Å²) in [6.45, 7) is 3.12. The average Bonchev–Trinajstić information content (AvgIpc) is 3.25. The van der Waals surface area contributed by atoms with E-state index in [4.69, 9.17) is 4.42 Å². The number of hydrogen-bond donors (Lipinski definition) is 0. The number of rotatable bonds is 3. The molecule has 1 aliphatic rings. The highest BCUT2D eigenvalue weighted by molar-refractivity contribution is 7.13. The monoisotopic (exact) mass is 297 g/mol. The normalized spacial score (nSPS) is 15.2. The molecule has 3 heterocycles. The van der Waals surface area contributed by atoms with Gasteiger partial charge in [-0.2, -0.15) is 0 Å². The first-order valence-electron chi connectivity index (χ1n) is 7.05. The number of thiophene rings is 1. The highest BCUT2D eigenvalue weighted by atomic mass is 32.1. The second-order valence-electron chi connectivity index (χ2n) is 5.17. The maximum Gasteiger partial charge on any atom is 0.257 e. The van der Waals surface area contributed by atoms with E-state index in [-0.39, 0.29) is 6.04 Å². The molecule has 4 nitrogen and oxygen atoms in total. The number of aromatic nitrogens is 2. The van der Waals surface area contributed by atoms with Gasteiger partial charge in [0.25, 0.3) is 5.89 Å². The molecule has 1 aromatic carbocycles. The van der Waals surface area contributed by atoms with Crippen LogP contribution in [0.3, 0.4) is 0 Å². The molecule has 21 heavy (non-hydrogen) atoms. The molecule has 0 spiro atoms. The maximum absolute atomic E-state index is 5.86. The van der Waals surface area contributed by atoms with Gasteiger partial charge in [0, 0.05) is 12.2 Å². The number of benzene rings is 1. The zero-order chi connectivity index (χ0) is 14.2. The molecule has 0 radical (unpaired) electrons. The largest absolute Gasteiger partial charge is 0.418 e. The van der Waals surface area contributed by atoms with Gasteiger partial charge in [-0.25, -0.2) is 0 Å². The van der Waals surface area contributed by atoms with Crippen LogP contribution >= 0.6 is 11.3 Å². The zero-order valence-corrected chi connectivity index (χ0v) is 12.5. The predicted molar refractivity (Wildman–Crippen MR) is 83.5 cm³/mol. The highest BCUT2D eigenvalue weighted by Crippen LogP contribution is 2.35. The van der Waals surface area contributed by atoms with Gasteiger partial charge in [0.1, 0.15) is 6.04 Å². The Morgan fingerprint density at radius 3 is 2.95 bits per heavy atom. The zero-order valence-electron chi connectivity index (χ0n) is 11.7. The van der Waals surface area contributed by atoms with Crippen LogP contribution in [0.15, 0.2) is 46.2 Å². The van der Waals surface area contributed by atoms with Gasteiger partial charge < -0.3 is 9.32 Å². The van der Waals surface area contributed by atoms with Crippen LogP contribution in [0.2, 0.25) is 0 Å². The van der Waals surface area contributed by atoms with Gasteiger partial charge in [0.05, 0.1) is 4.88 Å². The Balaban J connectivity index is 1.63. The standard InChI is InChI=1S/C16H15N3OS/c1-11(19-9-8-12-5-2-3-6-13(12)19)15-17-18-16(20-15)14-7-4-10-21-14/h2-7,10-11H,8-9H2,1H3/t11-/m1/s1. The van der Waals surface area contributed by atoms with Crippen molar-refractivity contribution >= 4 is 17.0 Å². The summed E-state index contributed by atoms with van der Waals surface area (Å²) in [6.07, 6.45) is 1.08. The Bertz CT molecular complexity index is 750. The minimum atomic E-state index is 0.0925. The van der Waals surface area contributed by atoms with Crippen LogP contribution in [-0.4, -0.2) is 16.7 Å². The molecule has 0 fully saturated rings. The molecule has 0 saturated carbocycles. The summed E-state index contributed by atoms with van der Waals surface area (Å²) >= 11 is 1.61. The summed E-state index contributed by atoms with van der Waals surface area (Å²) in [6, 6.07) is 12.6. The first-order chi connectivity index (χ1) is 10.3. The molecular weight excluding hydrogens is 282 g/mol. The molecule has 2 aromatic heterocycles. The van der Waals surface area contributed by atoms with Crippen molar-refractivity contribution in [1.29, 1.82) is 0 Å². The van der Waals surface area contributed by atoms with E-state index in [2.05, 4.69) is 46.3 Å². The quantitative estimate of drug-likeness (QED) is 0.735. The molecule has 3 aromatic rings. The predicted octanol–water partition coefficient (Wildman–Crippen LogP) is 3.92. The van der Waals surface area contributed by atoms with Crippen LogP contribution in [0, 0.1) is 0 Å².